The molecule has 7 nitrogen and oxygen atoms in total. The van der Waals surface area contributed by atoms with Crippen LogP contribution >= 0.6 is 0 Å². The van der Waals surface area contributed by atoms with Crippen LogP contribution in [0.2, 0.25) is 0 Å². The van der Waals surface area contributed by atoms with Gasteiger partial charge < -0.3 is 15.0 Å². The first-order chi connectivity index (χ1) is 15.5. The Balaban J connectivity index is 1.37. The minimum Gasteiger partial charge on any atom is -0.462 e. The molecule has 3 rings (SSSR count). The van der Waals surface area contributed by atoms with Crippen LogP contribution in [0.3, 0.4) is 0 Å². The lowest BCUT2D eigenvalue weighted by molar-refractivity contribution is -0.122. The normalized spacial score (nSPS) is 14.4. The standard InChI is InChI=1S/C25H34N4O3/c1-4-32-25(31)22-9-10-23(27-17-22)29-15-13-28(14-16-29)18-24(30)26-12-11-20-5-7-21(8-6-20)19(2)3/h5-10,17,19H,4,11-16,18H2,1-3H3,(H,26,30). The first-order valence-corrected chi connectivity index (χ1v) is 11.4. The van der Waals surface area contributed by atoms with Crippen molar-refractivity contribution in [1.29, 1.82) is 0 Å². The van der Waals surface area contributed by atoms with Crippen LogP contribution in [0.5, 0.6) is 0 Å². The molecule has 1 saturated heterocycles. The lowest BCUT2D eigenvalue weighted by atomic mass is 10.0. The maximum absolute atomic E-state index is 12.3. The Morgan fingerprint density at radius 1 is 1.06 bits per heavy atom. The van der Waals surface area contributed by atoms with Crippen LogP contribution in [-0.2, 0) is 16.0 Å². The maximum Gasteiger partial charge on any atom is 0.339 e. The SMILES string of the molecule is CCOC(=O)c1ccc(N2CCN(CC(=O)NCCc3ccc(C(C)C)cc3)CC2)nc1. The van der Waals surface area contributed by atoms with E-state index in [1.54, 1.807) is 19.2 Å². The quantitative estimate of drug-likeness (QED) is 0.607. The molecule has 1 fully saturated rings. The van der Waals surface area contributed by atoms with Gasteiger partial charge in [-0.05, 0) is 42.5 Å². The largest absolute Gasteiger partial charge is 0.462 e. The molecule has 0 saturated carbocycles. The van der Waals surface area contributed by atoms with Crippen LogP contribution in [0.25, 0.3) is 0 Å². The number of carbonyl (C=O) groups is 2. The number of carbonyl (C=O) groups excluding carboxylic acids is 2. The number of esters is 1. The fraction of sp³-hybridized carbons (Fsp3) is 0.480. The molecule has 0 radical (unpaired) electrons. The summed E-state index contributed by atoms with van der Waals surface area (Å²) in [5.74, 6) is 1.08. The van der Waals surface area contributed by atoms with Gasteiger partial charge >= 0.3 is 5.97 Å². The van der Waals surface area contributed by atoms with E-state index in [4.69, 9.17) is 4.74 Å². The van der Waals surface area contributed by atoms with Crippen LogP contribution in [0.15, 0.2) is 42.6 Å². The van der Waals surface area contributed by atoms with E-state index >= 15 is 0 Å². The van der Waals surface area contributed by atoms with Crippen molar-refractivity contribution >= 4 is 17.7 Å². The van der Waals surface area contributed by atoms with Gasteiger partial charge in [-0.3, -0.25) is 9.69 Å². The summed E-state index contributed by atoms with van der Waals surface area (Å²) in [6.07, 6.45) is 2.40. The number of ether oxygens (including phenoxy) is 1. The van der Waals surface area contributed by atoms with Crippen molar-refractivity contribution in [3.8, 4) is 0 Å². The molecular weight excluding hydrogens is 404 g/mol. The van der Waals surface area contributed by atoms with E-state index in [0.717, 1.165) is 38.4 Å². The molecule has 2 aromatic rings. The van der Waals surface area contributed by atoms with Crippen molar-refractivity contribution in [2.24, 2.45) is 0 Å². The van der Waals surface area contributed by atoms with Crippen LogP contribution in [-0.4, -0.2) is 67.6 Å². The van der Waals surface area contributed by atoms with Crippen molar-refractivity contribution in [2.75, 3.05) is 50.8 Å². The Labute approximate surface area is 190 Å². The van der Waals surface area contributed by atoms with E-state index in [1.807, 2.05) is 6.07 Å². The fourth-order valence-electron chi connectivity index (χ4n) is 3.72. The van der Waals surface area contributed by atoms with Gasteiger partial charge in [0.2, 0.25) is 5.91 Å². The predicted octanol–water partition coefficient (Wildman–Crippen LogP) is 2.86. The van der Waals surface area contributed by atoms with Gasteiger partial charge in [0.1, 0.15) is 5.82 Å². The summed E-state index contributed by atoms with van der Waals surface area (Å²) in [4.78, 5) is 32.8. The minimum atomic E-state index is -0.352. The molecule has 1 aromatic carbocycles. The summed E-state index contributed by atoms with van der Waals surface area (Å²) < 4.78 is 4.99. The van der Waals surface area contributed by atoms with Crippen LogP contribution in [0, 0.1) is 0 Å². The third-order valence-corrected chi connectivity index (χ3v) is 5.70. The van der Waals surface area contributed by atoms with Crippen LogP contribution in [0.1, 0.15) is 48.2 Å². The first-order valence-electron chi connectivity index (χ1n) is 11.4. The van der Waals surface area contributed by atoms with Gasteiger partial charge in [-0.1, -0.05) is 38.1 Å². The number of nitrogens with one attached hydrogen (secondary N) is 1. The average molecular weight is 439 g/mol. The number of rotatable bonds is 9. The molecule has 0 bridgehead atoms. The lowest BCUT2D eigenvalue weighted by Gasteiger charge is -2.35. The molecule has 0 unspecified atom stereocenters. The lowest BCUT2D eigenvalue weighted by Crippen LogP contribution is -2.49. The molecule has 1 aliphatic heterocycles. The summed E-state index contributed by atoms with van der Waals surface area (Å²) in [5, 5.41) is 3.04. The molecule has 1 aliphatic rings. The van der Waals surface area contributed by atoms with E-state index < -0.39 is 0 Å². The van der Waals surface area contributed by atoms with Crippen molar-refractivity contribution < 1.29 is 14.3 Å². The molecule has 1 amide bonds. The van der Waals surface area contributed by atoms with Gasteiger partial charge in [0.15, 0.2) is 0 Å². The van der Waals surface area contributed by atoms with E-state index in [-0.39, 0.29) is 11.9 Å². The Morgan fingerprint density at radius 3 is 2.38 bits per heavy atom. The fourth-order valence-corrected chi connectivity index (χ4v) is 3.72. The monoisotopic (exact) mass is 438 g/mol. The molecule has 7 heteroatoms. The van der Waals surface area contributed by atoms with Gasteiger partial charge in [-0.2, -0.15) is 0 Å². The molecule has 172 valence electrons. The predicted molar refractivity (Wildman–Crippen MR) is 126 cm³/mol. The number of anilines is 1. The number of pyridine rings is 1. The summed E-state index contributed by atoms with van der Waals surface area (Å²) in [7, 11) is 0. The zero-order valence-electron chi connectivity index (χ0n) is 19.3. The molecule has 0 atom stereocenters. The number of amides is 1. The van der Waals surface area contributed by atoms with Crippen molar-refractivity contribution in [3.05, 3.63) is 59.3 Å². The highest BCUT2D eigenvalue weighted by molar-refractivity contribution is 5.89. The van der Waals surface area contributed by atoms with Gasteiger partial charge in [0.25, 0.3) is 0 Å². The number of hydrogen-bond donors (Lipinski definition) is 1. The Morgan fingerprint density at radius 2 is 1.78 bits per heavy atom. The highest BCUT2D eigenvalue weighted by Crippen LogP contribution is 2.16. The first kappa shape index (κ1) is 23.7. The second kappa shape index (κ2) is 11.6. The minimum absolute atomic E-state index is 0.0640. The van der Waals surface area contributed by atoms with Crippen LogP contribution < -0.4 is 10.2 Å². The molecular formula is C25H34N4O3. The highest BCUT2D eigenvalue weighted by atomic mass is 16.5. The third kappa shape index (κ3) is 6.79. The number of benzene rings is 1. The summed E-state index contributed by atoms with van der Waals surface area (Å²) in [5.41, 5.74) is 3.04. The van der Waals surface area contributed by atoms with E-state index in [0.29, 0.717) is 31.2 Å². The topological polar surface area (TPSA) is 74.8 Å². The Kier molecular flexibility index (Phi) is 8.62. The smallest absolute Gasteiger partial charge is 0.339 e. The second-order valence-electron chi connectivity index (χ2n) is 8.38. The number of piperazine rings is 1. The summed E-state index contributed by atoms with van der Waals surface area (Å²) in [6.45, 7) is 10.7. The molecule has 0 aliphatic carbocycles. The van der Waals surface area contributed by atoms with Crippen LogP contribution in [0.4, 0.5) is 5.82 Å². The summed E-state index contributed by atoms with van der Waals surface area (Å²) >= 11 is 0. The van der Waals surface area contributed by atoms with Gasteiger partial charge in [-0.15, -0.1) is 0 Å². The van der Waals surface area contributed by atoms with Crippen molar-refractivity contribution in [1.82, 2.24) is 15.2 Å². The van der Waals surface area contributed by atoms with E-state index in [2.05, 4.69) is 58.2 Å². The molecule has 2 heterocycles. The van der Waals surface area contributed by atoms with Crippen molar-refractivity contribution in [3.63, 3.8) is 0 Å². The molecule has 32 heavy (non-hydrogen) atoms. The van der Waals surface area contributed by atoms with E-state index in [9.17, 15) is 9.59 Å². The van der Waals surface area contributed by atoms with Crippen molar-refractivity contribution in [2.45, 2.75) is 33.1 Å². The second-order valence-corrected chi connectivity index (χ2v) is 8.38. The molecule has 0 spiro atoms. The molecule has 1 aromatic heterocycles. The highest BCUT2D eigenvalue weighted by Gasteiger charge is 2.20. The zero-order chi connectivity index (χ0) is 22.9. The van der Waals surface area contributed by atoms with Gasteiger partial charge in [0.05, 0.1) is 18.7 Å². The number of aromatic nitrogens is 1. The Hall–Kier alpha value is -2.93. The Bertz CT molecular complexity index is 873. The number of hydrogen-bond acceptors (Lipinski definition) is 6. The molecule has 1 N–H and O–H groups in total. The third-order valence-electron chi connectivity index (χ3n) is 5.70. The van der Waals surface area contributed by atoms with E-state index in [1.165, 1.54) is 11.1 Å². The van der Waals surface area contributed by atoms with Gasteiger partial charge in [0, 0.05) is 38.9 Å². The average Bonchev–Trinajstić information content (AvgIpc) is 2.80. The maximum atomic E-state index is 12.3. The number of nitrogens with zero attached hydrogens (tertiary/aromatic N) is 3. The zero-order valence-corrected chi connectivity index (χ0v) is 19.3. The summed E-state index contributed by atoms with van der Waals surface area (Å²) in [6, 6.07) is 12.2. The van der Waals surface area contributed by atoms with Gasteiger partial charge in [-0.25, -0.2) is 9.78 Å².